The summed E-state index contributed by atoms with van der Waals surface area (Å²) in [4.78, 5) is 22.7. The molecule has 1 saturated heterocycles. The number of nitrogens with one attached hydrogen (secondary N) is 1. The maximum absolute atomic E-state index is 5.12. The van der Waals surface area contributed by atoms with E-state index in [0.717, 1.165) is 26.2 Å². The third kappa shape index (κ3) is 3.90. The first-order valence-electron chi connectivity index (χ1n) is 9.11. The number of hydrogen-bond acceptors (Lipinski definition) is 8. The van der Waals surface area contributed by atoms with Crippen molar-refractivity contribution >= 4 is 28.6 Å². The summed E-state index contributed by atoms with van der Waals surface area (Å²) >= 11 is 0. The van der Waals surface area contributed by atoms with Crippen molar-refractivity contribution in [2.75, 3.05) is 61.6 Å². The molecular formula is C19H23N7O. The number of para-hydroxylation sites is 1. The van der Waals surface area contributed by atoms with Gasteiger partial charge in [-0.25, -0.2) is 9.97 Å². The van der Waals surface area contributed by atoms with Gasteiger partial charge in [-0.2, -0.15) is 9.97 Å². The van der Waals surface area contributed by atoms with Gasteiger partial charge in [0.15, 0.2) is 17.0 Å². The minimum Gasteiger partial charge on any atom is -0.383 e. The van der Waals surface area contributed by atoms with Crippen LogP contribution in [0.25, 0.3) is 11.2 Å². The third-order valence-electron chi connectivity index (χ3n) is 4.60. The normalized spacial score (nSPS) is 14.6. The molecule has 140 valence electrons. The monoisotopic (exact) mass is 365 g/mol. The summed E-state index contributed by atoms with van der Waals surface area (Å²) in [5.41, 5.74) is 2.54. The number of aromatic nitrogens is 4. The summed E-state index contributed by atoms with van der Waals surface area (Å²) in [5, 5.41) is 3.29. The lowest BCUT2D eigenvalue weighted by Gasteiger charge is -2.36. The van der Waals surface area contributed by atoms with Crippen LogP contribution in [0.15, 0.2) is 42.7 Å². The van der Waals surface area contributed by atoms with Crippen molar-refractivity contribution in [2.45, 2.75) is 0 Å². The molecule has 0 aliphatic carbocycles. The number of hydrogen-bond donors (Lipinski definition) is 1. The van der Waals surface area contributed by atoms with Gasteiger partial charge in [-0.1, -0.05) is 18.2 Å². The van der Waals surface area contributed by atoms with Crippen molar-refractivity contribution in [1.29, 1.82) is 0 Å². The molecule has 0 unspecified atom stereocenters. The average Bonchev–Trinajstić information content (AvgIpc) is 2.74. The van der Waals surface area contributed by atoms with E-state index in [1.54, 1.807) is 19.5 Å². The van der Waals surface area contributed by atoms with Crippen LogP contribution in [-0.4, -0.2) is 66.4 Å². The first-order valence-corrected chi connectivity index (χ1v) is 9.11. The molecule has 3 aromatic rings. The lowest BCUT2D eigenvalue weighted by atomic mass is 10.2. The highest BCUT2D eigenvalue weighted by molar-refractivity contribution is 5.83. The summed E-state index contributed by atoms with van der Waals surface area (Å²) in [5.74, 6) is 1.39. The molecule has 1 aliphatic heterocycles. The van der Waals surface area contributed by atoms with Crippen LogP contribution >= 0.6 is 0 Å². The fraction of sp³-hybridized carbons (Fsp3) is 0.368. The van der Waals surface area contributed by atoms with Gasteiger partial charge >= 0.3 is 0 Å². The van der Waals surface area contributed by atoms with Crippen molar-refractivity contribution in [3.63, 3.8) is 0 Å². The molecule has 0 atom stereocenters. The summed E-state index contributed by atoms with van der Waals surface area (Å²) in [6.45, 7) is 4.82. The number of rotatable bonds is 6. The van der Waals surface area contributed by atoms with Gasteiger partial charge in [-0.05, 0) is 12.1 Å². The van der Waals surface area contributed by atoms with Gasteiger partial charge in [0, 0.05) is 57.9 Å². The Hall–Kier alpha value is -3.00. The minimum atomic E-state index is 0.594. The number of piperazine rings is 1. The van der Waals surface area contributed by atoms with Gasteiger partial charge in [0.25, 0.3) is 0 Å². The molecule has 8 heteroatoms. The van der Waals surface area contributed by atoms with Crippen molar-refractivity contribution in [1.82, 2.24) is 19.9 Å². The highest BCUT2D eigenvalue weighted by Crippen LogP contribution is 2.22. The summed E-state index contributed by atoms with van der Waals surface area (Å²) in [7, 11) is 1.68. The van der Waals surface area contributed by atoms with Crippen LogP contribution in [0.4, 0.5) is 17.5 Å². The van der Waals surface area contributed by atoms with Crippen LogP contribution in [0.5, 0.6) is 0 Å². The second-order valence-corrected chi connectivity index (χ2v) is 6.33. The number of fused-ring (bicyclic) bond motifs is 1. The minimum absolute atomic E-state index is 0.594. The number of benzene rings is 1. The first-order chi connectivity index (χ1) is 13.3. The molecule has 0 amide bonds. The van der Waals surface area contributed by atoms with Crippen LogP contribution in [-0.2, 0) is 4.74 Å². The zero-order chi connectivity index (χ0) is 18.5. The molecule has 4 rings (SSSR count). The summed E-state index contributed by atoms with van der Waals surface area (Å²) in [6, 6.07) is 10.5. The van der Waals surface area contributed by atoms with E-state index in [9.17, 15) is 0 Å². The molecule has 0 spiro atoms. The van der Waals surface area contributed by atoms with Crippen molar-refractivity contribution in [2.24, 2.45) is 0 Å². The molecule has 2 aromatic heterocycles. The largest absolute Gasteiger partial charge is 0.383 e. The van der Waals surface area contributed by atoms with Crippen LogP contribution < -0.4 is 15.1 Å². The van der Waals surface area contributed by atoms with Crippen LogP contribution in [0.3, 0.4) is 0 Å². The van der Waals surface area contributed by atoms with Crippen molar-refractivity contribution in [3.8, 4) is 0 Å². The number of anilines is 3. The SMILES string of the molecule is COCCNc1nc(N2CCN(c3ccccc3)CC2)nc2nccnc12. The Morgan fingerprint density at radius 3 is 2.48 bits per heavy atom. The van der Waals surface area contributed by atoms with Gasteiger partial charge in [0.1, 0.15) is 0 Å². The Morgan fingerprint density at radius 2 is 1.70 bits per heavy atom. The summed E-state index contributed by atoms with van der Waals surface area (Å²) < 4.78 is 5.12. The van der Waals surface area contributed by atoms with Crippen LogP contribution in [0.2, 0.25) is 0 Å². The smallest absolute Gasteiger partial charge is 0.229 e. The molecule has 1 aromatic carbocycles. The average molecular weight is 365 g/mol. The Balaban J connectivity index is 1.53. The molecule has 8 nitrogen and oxygen atoms in total. The Kier molecular flexibility index (Phi) is 5.24. The molecule has 0 saturated carbocycles. The number of ether oxygens (including phenoxy) is 1. The predicted molar refractivity (Wildman–Crippen MR) is 106 cm³/mol. The third-order valence-corrected chi connectivity index (χ3v) is 4.60. The lowest BCUT2D eigenvalue weighted by Crippen LogP contribution is -2.47. The van der Waals surface area contributed by atoms with E-state index in [4.69, 9.17) is 9.72 Å². The predicted octanol–water partition coefficient (Wildman–Crippen LogP) is 1.80. The first kappa shape index (κ1) is 17.4. The van der Waals surface area contributed by atoms with Crippen LogP contribution in [0.1, 0.15) is 0 Å². The lowest BCUT2D eigenvalue weighted by molar-refractivity contribution is 0.210. The molecule has 0 radical (unpaired) electrons. The Morgan fingerprint density at radius 1 is 0.963 bits per heavy atom. The topological polar surface area (TPSA) is 79.3 Å². The summed E-state index contributed by atoms with van der Waals surface area (Å²) in [6.07, 6.45) is 3.32. The zero-order valence-corrected chi connectivity index (χ0v) is 15.4. The van der Waals surface area contributed by atoms with E-state index in [-0.39, 0.29) is 0 Å². The second-order valence-electron chi connectivity index (χ2n) is 6.33. The number of nitrogens with zero attached hydrogens (tertiary/aromatic N) is 6. The molecule has 0 bridgehead atoms. The Labute approximate surface area is 158 Å². The van der Waals surface area contributed by atoms with E-state index in [1.807, 2.05) is 6.07 Å². The zero-order valence-electron chi connectivity index (χ0n) is 15.4. The Bertz CT molecular complexity index is 882. The van der Waals surface area contributed by atoms with E-state index in [1.165, 1.54) is 5.69 Å². The molecule has 3 heterocycles. The van der Waals surface area contributed by atoms with Crippen molar-refractivity contribution < 1.29 is 4.74 Å². The van der Waals surface area contributed by atoms with E-state index in [0.29, 0.717) is 36.1 Å². The maximum atomic E-state index is 5.12. The molecule has 1 aliphatic rings. The van der Waals surface area contributed by atoms with E-state index in [2.05, 4.69) is 54.3 Å². The van der Waals surface area contributed by atoms with Crippen molar-refractivity contribution in [3.05, 3.63) is 42.7 Å². The molecular weight excluding hydrogens is 342 g/mol. The van der Waals surface area contributed by atoms with Gasteiger partial charge < -0.3 is 19.9 Å². The van der Waals surface area contributed by atoms with Gasteiger partial charge in [-0.15, -0.1) is 0 Å². The fourth-order valence-electron chi connectivity index (χ4n) is 3.19. The molecule has 1 N–H and O–H groups in total. The maximum Gasteiger partial charge on any atom is 0.229 e. The fourth-order valence-corrected chi connectivity index (χ4v) is 3.19. The van der Waals surface area contributed by atoms with Gasteiger partial charge in [0.05, 0.1) is 6.61 Å². The van der Waals surface area contributed by atoms with Gasteiger partial charge in [-0.3, -0.25) is 0 Å². The molecule has 27 heavy (non-hydrogen) atoms. The van der Waals surface area contributed by atoms with Crippen LogP contribution in [0, 0.1) is 0 Å². The van der Waals surface area contributed by atoms with Gasteiger partial charge in [0.2, 0.25) is 5.95 Å². The standard InChI is InChI=1S/C19H23N7O/c1-27-14-9-22-18-16-17(21-8-7-20-16)23-19(24-18)26-12-10-25(11-13-26)15-5-3-2-4-6-15/h2-8H,9-14H2,1H3,(H,21,22,23,24). The highest BCUT2D eigenvalue weighted by atomic mass is 16.5. The highest BCUT2D eigenvalue weighted by Gasteiger charge is 2.21. The van der Waals surface area contributed by atoms with E-state index >= 15 is 0 Å². The van der Waals surface area contributed by atoms with E-state index < -0.39 is 0 Å². The quantitative estimate of drug-likeness (QED) is 0.663. The molecule has 1 fully saturated rings. The second kappa shape index (κ2) is 8.13. The number of methoxy groups -OCH3 is 1.